The lowest BCUT2D eigenvalue weighted by atomic mass is 9.98. The fourth-order valence-electron chi connectivity index (χ4n) is 1.92. The van der Waals surface area contributed by atoms with E-state index in [9.17, 15) is 4.79 Å². The molecule has 0 amide bonds. The number of rotatable bonds is 4. The molecule has 2 aromatic rings. The first-order valence-electron chi connectivity index (χ1n) is 5.99. The molecule has 0 aliphatic rings. The van der Waals surface area contributed by atoms with Gasteiger partial charge in [-0.05, 0) is 42.2 Å². The average Bonchev–Trinajstić information content (AvgIpc) is 2.86. The fourth-order valence-corrected chi connectivity index (χ4v) is 1.92. The Kier molecular flexibility index (Phi) is 3.43. The van der Waals surface area contributed by atoms with Crippen molar-refractivity contribution >= 4 is 6.29 Å². The molecule has 2 nitrogen and oxygen atoms in total. The van der Waals surface area contributed by atoms with Crippen LogP contribution in [0.3, 0.4) is 0 Å². The Morgan fingerprint density at radius 3 is 2.53 bits per heavy atom. The summed E-state index contributed by atoms with van der Waals surface area (Å²) in [5.74, 6) is 0.583. The van der Waals surface area contributed by atoms with Gasteiger partial charge in [-0.25, -0.2) is 0 Å². The van der Waals surface area contributed by atoms with E-state index in [1.165, 1.54) is 5.56 Å². The van der Waals surface area contributed by atoms with Gasteiger partial charge in [0.2, 0.25) is 0 Å². The van der Waals surface area contributed by atoms with Crippen molar-refractivity contribution in [3.05, 3.63) is 53.9 Å². The molecule has 1 heterocycles. The zero-order valence-electron chi connectivity index (χ0n) is 10.3. The molecular formula is C15H17NO. The molecule has 0 aliphatic carbocycles. The first-order chi connectivity index (χ1) is 8.26. The summed E-state index contributed by atoms with van der Waals surface area (Å²) >= 11 is 0. The van der Waals surface area contributed by atoms with Crippen LogP contribution in [0.4, 0.5) is 0 Å². The fraction of sp³-hybridized carbons (Fsp3) is 0.267. The molecule has 0 bridgehead atoms. The summed E-state index contributed by atoms with van der Waals surface area (Å²) in [6.45, 7) is 4.41. The highest BCUT2D eigenvalue weighted by Crippen LogP contribution is 2.20. The summed E-state index contributed by atoms with van der Waals surface area (Å²) in [6, 6.07) is 12.1. The van der Waals surface area contributed by atoms with Crippen LogP contribution in [0.1, 0.15) is 42.2 Å². The standard InChI is InChI=1S/C15H17NO/c1-3-12(2)13-6-8-14(9-7-13)16-10-4-5-15(16)11-17/h4-12H,3H2,1-2H3/t12-/m1/s1. The topological polar surface area (TPSA) is 22.0 Å². The molecule has 1 aromatic heterocycles. The van der Waals surface area contributed by atoms with Gasteiger partial charge in [0, 0.05) is 11.9 Å². The summed E-state index contributed by atoms with van der Waals surface area (Å²) in [7, 11) is 0. The minimum absolute atomic E-state index is 0.583. The SMILES string of the molecule is CC[C@@H](C)c1ccc(-n2cccc2C=O)cc1. The predicted molar refractivity (Wildman–Crippen MR) is 69.9 cm³/mol. The Bertz CT molecular complexity index is 496. The lowest BCUT2D eigenvalue weighted by Crippen LogP contribution is -1.98. The van der Waals surface area contributed by atoms with Crippen molar-refractivity contribution in [3.8, 4) is 5.69 Å². The number of hydrogen-bond donors (Lipinski definition) is 0. The third-order valence-electron chi connectivity index (χ3n) is 3.25. The second-order valence-electron chi connectivity index (χ2n) is 4.32. The Morgan fingerprint density at radius 1 is 1.24 bits per heavy atom. The zero-order valence-corrected chi connectivity index (χ0v) is 10.3. The summed E-state index contributed by atoms with van der Waals surface area (Å²) < 4.78 is 1.90. The van der Waals surface area contributed by atoms with Gasteiger partial charge in [-0.3, -0.25) is 4.79 Å². The molecule has 0 N–H and O–H groups in total. The number of aldehydes is 1. The van der Waals surface area contributed by atoms with Gasteiger partial charge in [0.1, 0.15) is 0 Å². The molecule has 0 fully saturated rings. The summed E-state index contributed by atoms with van der Waals surface area (Å²) in [6.07, 6.45) is 3.92. The van der Waals surface area contributed by atoms with Crippen LogP contribution >= 0.6 is 0 Å². The van der Waals surface area contributed by atoms with E-state index in [4.69, 9.17) is 0 Å². The van der Waals surface area contributed by atoms with Gasteiger partial charge in [-0.1, -0.05) is 26.0 Å². The van der Waals surface area contributed by atoms with Crippen molar-refractivity contribution in [1.82, 2.24) is 4.57 Å². The van der Waals surface area contributed by atoms with Gasteiger partial charge in [-0.15, -0.1) is 0 Å². The van der Waals surface area contributed by atoms with Crippen molar-refractivity contribution in [2.45, 2.75) is 26.2 Å². The van der Waals surface area contributed by atoms with Crippen LogP contribution in [-0.4, -0.2) is 10.9 Å². The average molecular weight is 227 g/mol. The molecule has 0 unspecified atom stereocenters. The third kappa shape index (κ3) is 2.31. The number of carbonyl (C=O) groups excluding carboxylic acids is 1. The van der Waals surface area contributed by atoms with E-state index < -0.39 is 0 Å². The first-order valence-corrected chi connectivity index (χ1v) is 5.99. The summed E-state index contributed by atoms with van der Waals surface area (Å²) in [5, 5.41) is 0. The molecule has 0 aliphatic heterocycles. The van der Waals surface area contributed by atoms with Crippen molar-refractivity contribution < 1.29 is 4.79 Å². The lowest BCUT2D eigenvalue weighted by Gasteiger charge is -2.11. The molecular weight excluding hydrogens is 210 g/mol. The van der Waals surface area contributed by atoms with Crippen LogP contribution in [0.25, 0.3) is 5.69 Å². The normalized spacial score (nSPS) is 12.4. The number of benzene rings is 1. The van der Waals surface area contributed by atoms with Gasteiger partial charge in [0.25, 0.3) is 0 Å². The first kappa shape index (κ1) is 11.6. The lowest BCUT2D eigenvalue weighted by molar-refractivity contribution is 0.111. The summed E-state index contributed by atoms with van der Waals surface area (Å²) in [5.41, 5.74) is 3.06. The van der Waals surface area contributed by atoms with E-state index in [2.05, 4.69) is 38.1 Å². The molecule has 1 aromatic carbocycles. The van der Waals surface area contributed by atoms with E-state index in [-0.39, 0.29) is 0 Å². The molecule has 17 heavy (non-hydrogen) atoms. The molecule has 2 heteroatoms. The van der Waals surface area contributed by atoms with E-state index in [0.29, 0.717) is 11.6 Å². The van der Waals surface area contributed by atoms with E-state index in [0.717, 1.165) is 18.4 Å². The molecule has 0 saturated carbocycles. The van der Waals surface area contributed by atoms with Crippen molar-refractivity contribution in [1.29, 1.82) is 0 Å². The van der Waals surface area contributed by atoms with Gasteiger partial charge in [-0.2, -0.15) is 0 Å². The van der Waals surface area contributed by atoms with Crippen LogP contribution < -0.4 is 0 Å². The highest BCUT2D eigenvalue weighted by atomic mass is 16.1. The van der Waals surface area contributed by atoms with E-state index in [1.807, 2.05) is 22.9 Å². The van der Waals surface area contributed by atoms with Crippen molar-refractivity contribution in [3.63, 3.8) is 0 Å². The maximum atomic E-state index is 10.9. The van der Waals surface area contributed by atoms with Crippen molar-refractivity contribution in [2.24, 2.45) is 0 Å². The molecule has 88 valence electrons. The molecule has 0 saturated heterocycles. The molecule has 0 radical (unpaired) electrons. The highest BCUT2D eigenvalue weighted by molar-refractivity contribution is 5.73. The number of hydrogen-bond acceptors (Lipinski definition) is 1. The molecule has 0 spiro atoms. The molecule has 2 rings (SSSR count). The van der Waals surface area contributed by atoms with Gasteiger partial charge in [0.05, 0.1) is 5.69 Å². The van der Waals surface area contributed by atoms with Gasteiger partial charge >= 0.3 is 0 Å². The van der Waals surface area contributed by atoms with E-state index >= 15 is 0 Å². The number of nitrogens with zero attached hydrogens (tertiary/aromatic N) is 1. The Hall–Kier alpha value is -1.83. The van der Waals surface area contributed by atoms with Crippen molar-refractivity contribution in [2.75, 3.05) is 0 Å². The maximum Gasteiger partial charge on any atom is 0.166 e. The van der Waals surface area contributed by atoms with Crippen LogP contribution in [0.5, 0.6) is 0 Å². The predicted octanol–water partition coefficient (Wildman–Crippen LogP) is 3.80. The minimum atomic E-state index is 0.583. The van der Waals surface area contributed by atoms with Crippen LogP contribution in [0.15, 0.2) is 42.6 Å². The summed E-state index contributed by atoms with van der Waals surface area (Å²) in [4.78, 5) is 10.9. The highest BCUT2D eigenvalue weighted by Gasteiger charge is 2.05. The molecule has 1 atom stereocenters. The Labute approximate surface area is 102 Å². The quantitative estimate of drug-likeness (QED) is 0.728. The van der Waals surface area contributed by atoms with E-state index in [1.54, 1.807) is 0 Å². The zero-order chi connectivity index (χ0) is 12.3. The van der Waals surface area contributed by atoms with Gasteiger partial charge < -0.3 is 4.57 Å². The van der Waals surface area contributed by atoms with Gasteiger partial charge in [0.15, 0.2) is 6.29 Å². The minimum Gasteiger partial charge on any atom is -0.314 e. The third-order valence-corrected chi connectivity index (χ3v) is 3.25. The van der Waals surface area contributed by atoms with Crippen LogP contribution in [-0.2, 0) is 0 Å². The monoisotopic (exact) mass is 227 g/mol. The second-order valence-corrected chi connectivity index (χ2v) is 4.32. The largest absolute Gasteiger partial charge is 0.314 e. The number of carbonyl (C=O) groups is 1. The Morgan fingerprint density at radius 2 is 1.94 bits per heavy atom. The second kappa shape index (κ2) is 5.00. The maximum absolute atomic E-state index is 10.9. The smallest absolute Gasteiger partial charge is 0.166 e. The van der Waals surface area contributed by atoms with Crippen LogP contribution in [0.2, 0.25) is 0 Å². The van der Waals surface area contributed by atoms with Crippen LogP contribution in [0, 0.1) is 0 Å². The Balaban J connectivity index is 2.32. The number of aromatic nitrogens is 1.